The predicted octanol–water partition coefficient (Wildman–Crippen LogP) is 2.39. The van der Waals surface area contributed by atoms with Crippen LogP contribution >= 0.6 is 27.3 Å². The average molecular weight is 492 g/mol. The quantitative estimate of drug-likeness (QED) is 0.398. The third kappa shape index (κ3) is 3.14. The largest absolute Gasteiger partial charge is 0.493 e. The summed E-state index contributed by atoms with van der Waals surface area (Å²) in [7, 11) is 6.23. The van der Waals surface area contributed by atoms with Crippen LogP contribution in [0.5, 0.6) is 11.5 Å². The lowest BCUT2D eigenvalue weighted by molar-refractivity contribution is 0.356. The fraction of sp³-hybridized carbons (Fsp3) is 0.263. The number of methoxy groups -OCH3 is 2. The number of hydrogen-bond donors (Lipinski definition) is 0. The lowest BCUT2D eigenvalue weighted by atomic mass is 10.2. The Morgan fingerprint density at radius 1 is 1.10 bits per heavy atom. The summed E-state index contributed by atoms with van der Waals surface area (Å²) in [6, 6.07) is 5.62. The molecule has 4 aromatic rings. The van der Waals surface area contributed by atoms with Crippen LogP contribution < -0.4 is 20.7 Å². The minimum Gasteiger partial charge on any atom is -0.493 e. The SMILES string of the molecule is COc1cccc(-c2nc(Cn3c(Br)nc4c(=O)n(C)c(=O)n(C)c43)cs2)c1OC. The van der Waals surface area contributed by atoms with Crippen molar-refractivity contribution < 1.29 is 9.47 Å². The molecule has 0 aliphatic carbocycles. The van der Waals surface area contributed by atoms with Crippen LogP contribution in [0.1, 0.15) is 5.69 Å². The molecule has 0 radical (unpaired) electrons. The van der Waals surface area contributed by atoms with Gasteiger partial charge in [-0.1, -0.05) is 6.07 Å². The van der Waals surface area contributed by atoms with E-state index in [0.717, 1.165) is 20.8 Å². The highest BCUT2D eigenvalue weighted by atomic mass is 79.9. The van der Waals surface area contributed by atoms with Gasteiger partial charge in [-0.05, 0) is 28.1 Å². The van der Waals surface area contributed by atoms with Crippen molar-refractivity contribution in [1.82, 2.24) is 23.7 Å². The summed E-state index contributed by atoms with van der Waals surface area (Å²) < 4.78 is 15.5. The third-order valence-corrected chi connectivity index (χ3v) is 6.33. The second-order valence-corrected chi connectivity index (χ2v) is 8.10. The molecule has 3 aromatic heterocycles. The Bertz CT molecular complexity index is 1380. The maximum absolute atomic E-state index is 12.5. The van der Waals surface area contributed by atoms with Crippen LogP contribution in [0.3, 0.4) is 0 Å². The van der Waals surface area contributed by atoms with Crippen molar-refractivity contribution in [3.8, 4) is 22.1 Å². The zero-order valence-corrected chi connectivity index (χ0v) is 19.1. The number of imidazole rings is 1. The Balaban J connectivity index is 1.79. The predicted molar refractivity (Wildman–Crippen MR) is 118 cm³/mol. The molecule has 0 spiro atoms. The highest BCUT2D eigenvalue weighted by Crippen LogP contribution is 2.39. The molecular formula is C19H18BrN5O4S. The van der Waals surface area contributed by atoms with E-state index < -0.39 is 11.2 Å². The Labute approximate surface area is 183 Å². The molecule has 156 valence electrons. The molecule has 0 atom stereocenters. The van der Waals surface area contributed by atoms with Crippen molar-refractivity contribution in [2.75, 3.05) is 14.2 Å². The number of fused-ring (bicyclic) bond motifs is 1. The summed E-state index contributed by atoms with van der Waals surface area (Å²) in [4.78, 5) is 33.9. The second-order valence-electron chi connectivity index (χ2n) is 6.53. The highest BCUT2D eigenvalue weighted by molar-refractivity contribution is 9.10. The first kappa shape index (κ1) is 20.4. The first-order valence-electron chi connectivity index (χ1n) is 8.84. The molecule has 11 heteroatoms. The number of benzene rings is 1. The minimum atomic E-state index is -0.437. The Kier molecular flexibility index (Phi) is 5.24. The number of hydrogen-bond acceptors (Lipinski definition) is 7. The number of nitrogens with zero attached hydrogens (tertiary/aromatic N) is 5. The van der Waals surface area contributed by atoms with Crippen molar-refractivity contribution in [3.63, 3.8) is 0 Å². The molecule has 0 bridgehead atoms. The zero-order valence-electron chi connectivity index (χ0n) is 16.7. The van der Waals surface area contributed by atoms with Crippen LogP contribution in [-0.2, 0) is 20.6 Å². The number of para-hydroxylation sites is 1. The molecular weight excluding hydrogens is 474 g/mol. The molecule has 0 aliphatic heterocycles. The van der Waals surface area contributed by atoms with Gasteiger partial charge in [-0.3, -0.25) is 18.5 Å². The van der Waals surface area contributed by atoms with Gasteiger partial charge in [0.2, 0.25) is 0 Å². The fourth-order valence-corrected chi connectivity index (χ4v) is 4.63. The summed E-state index contributed by atoms with van der Waals surface area (Å²) in [6.07, 6.45) is 0. The van der Waals surface area contributed by atoms with Gasteiger partial charge in [-0.15, -0.1) is 11.3 Å². The molecule has 0 fully saturated rings. The van der Waals surface area contributed by atoms with E-state index in [1.54, 1.807) is 25.8 Å². The third-order valence-electron chi connectivity index (χ3n) is 4.80. The first-order chi connectivity index (χ1) is 14.4. The monoisotopic (exact) mass is 491 g/mol. The van der Waals surface area contributed by atoms with Crippen LogP contribution in [0.25, 0.3) is 21.7 Å². The van der Waals surface area contributed by atoms with Crippen LogP contribution in [0, 0.1) is 0 Å². The molecule has 0 aliphatic rings. The number of aryl methyl sites for hydroxylation is 1. The number of ether oxygens (including phenoxy) is 2. The Morgan fingerprint density at radius 3 is 2.57 bits per heavy atom. The van der Waals surface area contributed by atoms with Gasteiger partial charge in [0.25, 0.3) is 5.56 Å². The molecule has 30 heavy (non-hydrogen) atoms. The second kappa shape index (κ2) is 7.73. The van der Waals surface area contributed by atoms with E-state index in [1.165, 1.54) is 23.0 Å². The maximum Gasteiger partial charge on any atom is 0.332 e. The molecule has 0 saturated heterocycles. The van der Waals surface area contributed by atoms with Crippen LogP contribution in [0.4, 0.5) is 0 Å². The van der Waals surface area contributed by atoms with E-state index in [0.29, 0.717) is 28.4 Å². The number of rotatable bonds is 5. The van der Waals surface area contributed by atoms with Gasteiger partial charge >= 0.3 is 5.69 Å². The highest BCUT2D eigenvalue weighted by Gasteiger charge is 2.20. The van der Waals surface area contributed by atoms with Gasteiger partial charge in [-0.25, -0.2) is 14.8 Å². The van der Waals surface area contributed by atoms with Gasteiger partial charge < -0.3 is 9.47 Å². The van der Waals surface area contributed by atoms with Crippen molar-refractivity contribution in [3.05, 3.63) is 54.8 Å². The van der Waals surface area contributed by atoms with E-state index in [1.807, 2.05) is 23.6 Å². The van der Waals surface area contributed by atoms with E-state index >= 15 is 0 Å². The summed E-state index contributed by atoms with van der Waals surface area (Å²) in [6.45, 7) is 0.334. The van der Waals surface area contributed by atoms with Crippen molar-refractivity contribution in [1.29, 1.82) is 0 Å². The van der Waals surface area contributed by atoms with Gasteiger partial charge in [0.15, 0.2) is 27.4 Å². The van der Waals surface area contributed by atoms with Crippen LogP contribution in [0.2, 0.25) is 0 Å². The van der Waals surface area contributed by atoms with E-state index in [4.69, 9.17) is 14.5 Å². The molecule has 3 heterocycles. The molecule has 4 rings (SSSR count). The van der Waals surface area contributed by atoms with Crippen LogP contribution in [-0.4, -0.2) is 37.9 Å². The summed E-state index contributed by atoms with van der Waals surface area (Å²) >= 11 is 4.87. The average Bonchev–Trinajstić information content (AvgIpc) is 3.35. The number of aromatic nitrogens is 5. The topological polar surface area (TPSA) is 93.2 Å². The molecule has 0 unspecified atom stereocenters. The van der Waals surface area contributed by atoms with Crippen molar-refractivity contribution in [2.45, 2.75) is 6.54 Å². The van der Waals surface area contributed by atoms with Gasteiger partial charge in [0, 0.05) is 19.5 Å². The fourth-order valence-electron chi connectivity index (χ4n) is 3.32. The normalized spacial score (nSPS) is 11.2. The number of thiazole rings is 1. The minimum absolute atomic E-state index is 0.219. The molecule has 0 N–H and O–H groups in total. The Morgan fingerprint density at radius 2 is 1.87 bits per heavy atom. The van der Waals surface area contributed by atoms with Crippen molar-refractivity contribution in [2.24, 2.45) is 14.1 Å². The molecule has 9 nitrogen and oxygen atoms in total. The number of halogens is 1. The summed E-state index contributed by atoms with van der Waals surface area (Å²) in [5.41, 5.74) is 1.38. The summed E-state index contributed by atoms with van der Waals surface area (Å²) in [5, 5.41) is 2.69. The standard InChI is InChI=1S/C19H18BrN5O4S/c1-23-16-13(17(26)24(2)19(23)27)22-18(20)25(16)8-10-9-30-15(21-10)11-6-5-7-12(28-3)14(11)29-4/h5-7,9H,8H2,1-4H3. The zero-order chi connectivity index (χ0) is 21.6. The van der Waals surface area contributed by atoms with Gasteiger partial charge in [0.1, 0.15) is 5.01 Å². The molecule has 0 saturated carbocycles. The smallest absolute Gasteiger partial charge is 0.332 e. The van der Waals surface area contributed by atoms with Gasteiger partial charge in [-0.2, -0.15) is 0 Å². The molecule has 1 aromatic carbocycles. The lowest BCUT2D eigenvalue weighted by Gasteiger charge is -2.10. The van der Waals surface area contributed by atoms with Gasteiger partial charge in [0.05, 0.1) is 32.0 Å². The molecule has 0 amide bonds. The Hall–Kier alpha value is -2.92. The summed E-state index contributed by atoms with van der Waals surface area (Å²) in [5.74, 6) is 1.24. The van der Waals surface area contributed by atoms with Crippen molar-refractivity contribution >= 4 is 38.4 Å². The van der Waals surface area contributed by atoms with Crippen LogP contribution in [0.15, 0.2) is 37.9 Å². The lowest BCUT2D eigenvalue weighted by Crippen LogP contribution is -2.37. The first-order valence-corrected chi connectivity index (χ1v) is 10.5. The van der Waals surface area contributed by atoms with E-state index in [2.05, 4.69) is 20.9 Å². The maximum atomic E-state index is 12.5. The van der Waals surface area contributed by atoms with E-state index in [-0.39, 0.29) is 5.52 Å². The van der Waals surface area contributed by atoms with E-state index in [9.17, 15) is 9.59 Å².